The fraction of sp³-hybridized carbons (Fsp3) is 0.208. The van der Waals surface area contributed by atoms with Gasteiger partial charge in [-0.3, -0.25) is 0 Å². The van der Waals surface area contributed by atoms with Crippen LogP contribution in [-0.4, -0.2) is 61.4 Å². The Balaban J connectivity index is 1.36. The van der Waals surface area contributed by atoms with Gasteiger partial charge in [-0.15, -0.1) is 10.2 Å². The third kappa shape index (κ3) is 3.84. The third-order valence-corrected chi connectivity index (χ3v) is 5.92. The Morgan fingerprint density at radius 3 is 2.50 bits per heavy atom. The lowest BCUT2D eigenvalue weighted by atomic mass is 10.1. The van der Waals surface area contributed by atoms with Crippen molar-refractivity contribution in [2.75, 3.05) is 31.1 Å². The van der Waals surface area contributed by atoms with Crippen LogP contribution in [0.2, 0.25) is 0 Å². The lowest BCUT2D eigenvalue weighted by Crippen LogP contribution is -2.44. The largest absolute Gasteiger partial charge is 0.489 e. The molecule has 0 atom stereocenters. The number of H-pyrrole nitrogens is 1. The number of tetrazole rings is 1. The maximum Gasteiger partial charge on any atom is 0.210 e. The normalized spacial score (nSPS) is 13.9. The first-order valence-electron chi connectivity index (χ1n) is 11.2. The second-order valence-corrected chi connectivity index (χ2v) is 8.06. The first kappa shape index (κ1) is 20.3. The minimum absolute atomic E-state index is 0.474. The quantitative estimate of drug-likeness (QED) is 0.404. The molecule has 5 aromatic rings. The van der Waals surface area contributed by atoms with Crippen LogP contribution < -0.4 is 15.0 Å². The number of nitrogens with one attached hydrogen (secondary N) is 2. The molecule has 170 valence electrons. The molecule has 2 aromatic carbocycles. The van der Waals surface area contributed by atoms with Crippen molar-refractivity contribution in [2.24, 2.45) is 0 Å². The number of aromatic amines is 1. The monoisotopic (exact) mass is 453 g/mol. The number of aromatic nitrogens is 7. The summed E-state index contributed by atoms with van der Waals surface area (Å²) in [4.78, 5) is 7.07. The van der Waals surface area contributed by atoms with Gasteiger partial charge in [-0.2, -0.15) is 14.8 Å². The molecule has 0 aliphatic carbocycles. The summed E-state index contributed by atoms with van der Waals surface area (Å²) in [5.74, 6) is 2.30. The van der Waals surface area contributed by atoms with Gasteiger partial charge in [0.25, 0.3) is 0 Å². The molecular formula is C24H23N9O. The molecule has 34 heavy (non-hydrogen) atoms. The Hall–Kier alpha value is -4.31. The fourth-order valence-electron chi connectivity index (χ4n) is 4.21. The van der Waals surface area contributed by atoms with Crippen LogP contribution in [0.4, 0.5) is 5.82 Å². The zero-order chi connectivity index (χ0) is 22.7. The van der Waals surface area contributed by atoms with E-state index in [2.05, 4.69) is 60.2 Å². The molecule has 6 rings (SSSR count). The number of ether oxygens (including phenoxy) is 1. The maximum atomic E-state index is 5.97. The van der Waals surface area contributed by atoms with Crippen molar-refractivity contribution < 1.29 is 4.74 Å². The van der Waals surface area contributed by atoms with Gasteiger partial charge in [0.15, 0.2) is 5.65 Å². The SMILES string of the molecule is c1ccc(COc2ccc(-c3cnc4c(-c5nn[nH]n5)cnn4c3N3CCNCC3)cc2)cc1. The van der Waals surface area contributed by atoms with Crippen LogP contribution in [0.5, 0.6) is 5.75 Å². The number of hydrogen-bond donors (Lipinski definition) is 2. The molecule has 4 heterocycles. The van der Waals surface area contributed by atoms with Gasteiger partial charge in [0.1, 0.15) is 18.2 Å². The van der Waals surface area contributed by atoms with Gasteiger partial charge in [0.2, 0.25) is 5.82 Å². The van der Waals surface area contributed by atoms with Crippen LogP contribution in [0.3, 0.4) is 0 Å². The number of benzene rings is 2. The molecule has 0 saturated carbocycles. The molecule has 2 N–H and O–H groups in total. The predicted molar refractivity (Wildman–Crippen MR) is 127 cm³/mol. The Bertz CT molecular complexity index is 1380. The van der Waals surface area contributed by atoms with Crippen molar-refractivity contribution in [1.82, 2.24) is 40.5 Å². The summed E-state index contributed by atoms with van der Waals surface area (Å²) in [6, 6.07) is 18.3. The van der Waals surface area contributed by atoms with Crippen LogP contribution in [0, 0.1) is 0 Å². The van der Waals surface area contributed by atoms with Crippen molar-refractivity contribution in [3.8, 4) is 28.3 Å². The average Bonchev–Trinajstić information content (AvgIpc) is 3.58. The zero-order valence-electron chi connectivity index (χ0n) is 18.4. The summed E-state index contributed by atoms with van der Waals surface area (Å²) in [5, 5.41) is 22.5. The summed E-state index contributed by atoms with van der Waals surface area (Å²) >= 11 is 0. The van der Waals surface area contributed by atoms with Crippen LogP contribution in [0.1, 0.15) is 5.56 Å². The number of hydrogen-bond acceptors (Lipinski definition) is 8. The molecule has 0 amide bonds. The molecule has 0 spiro atoms. The summed E-state index contributed by atoms with van der Waals surface area (Å²) < 4.78 is 7.85. The van der Waals surface area contributed by atoms with Crippen LogP contribution in [0.15, 0.2) is 67.0 Å². The Morgan fingerprint density at radius 1 is 0.912 bits per heavy atom. The van der Waals surface area contributed by atoms with Gasteiger partial charge < -0.3 is 15.0 Å². The smallest absolute Gasteiger partial charge is 0.210 e. The van der Waals surface area contributed by atoms with Gasteiger partial charge in [-0.05, 0) is 28.5 Å². The van der Waals surface area contributed by atoms with E-state index in [0.29, 0.717) is 18.1 Å². The molecule has 1 aliphatic rings. The number of rotatable bonds is 6. The number of fused-ring (bicyclic) bond motifs is 1. The second kappa shape index (κ2) is 8.91. The highest BCUT2D eigenvalue weighted by molar-refractivity contribution is 5.81. The maximum absolute atomic E-state index is 5.97. The third-order valence-electron chi connectivity index (χ3n) is 5.92. The summed E-state index contributed by atoms with van der Waals surface area (Å²) in [6.07, 6.45) is 3.64. The highest BCUT2D eigenvalue weighted by Gasteiger charge is 2.23. The minimum Gasteiger partial charge on any atom is -0.489 e. The fourth-order valence-corrected chi connectivity index (χ4v) is 4.21. The van der Waals surface area contributed by atoms with Crippen molar-refractivity contribution in [2.45, 2.75) is 6.61 Å². The molecule has 0 unspecified atom stereocenters. The molecule has 0 radical (unpaired) electrons. The Morgan fingerprint density at radius 2 is 1.74 bits per heavy atom. The van der Waals surface area contributed by atoms with Gasteiger partial charge in [-0.1, -0.05) is 42.5 Å². The first-order chi connectivity index (χ1) is 16.9. The van der Waals surface area contributed by atoms with Crippen molar-refractivity contribution >= 4 is 11.5 Å². The van der Waals surface area contributed by atoms with Crippen LogP contribution in [-0.2, 0) is 6.61 Å². The predicted octanol–water partition coefficient (Wildman–Crippen LogP) is 2.57. The zero-order valence-corrected chi connectivity index (χ0v) is 18.4. The first-order valence-corrected chi connectivity index (χ1v) is 11.2. The standard InChI is InChI=1S/C24H23N9O/c1-2-4-17(5-3-1)16-34-19-8-6-18(7-9-19)20-14-26-23-21(22-28-30-31-29-22)15-27-33(23)24(20)32-12-10-25-11-13-32/h1-9,14-15,25H,10-13,16H2,(H,28,29,30,31). The number of piperazine rings is 1. The molecule has 3 aromatic heterocycles. The molecule has 1 aliphatic heterocycles. The van der Waals surface area contributed by atoms with Gasteiger partial charge >= 0.3 is 0 Å². The lowest BCUT2D eigenvalue weighted by Gasteiger charge is -2.31. The van der Waals surface area contributed by atoms with E-state index < -0.39 is 0 Å². The van der Waals surface area contributed by atoms with Crippen molar-refractivity contribution in [3.63, 3.8) is 0 Å². The molecule has 10 heteroatoms. The summed E-state index contributed by atoms with van der Waals surface area (Å²) in [6.45, 7) is 4.11. The Kier molecular flexibility index (Phi) is 5.32. The van der Waals surface area contributed by atoms with Gasteiger partial charge in [0, 0.05) is 37.9 Å². The topological polar surface area (TPSA) is 109 Å². The van der Waals surface area contributed by atoms with Crippen molar-refractivity contribution in [1.29, 1.82) is 0 Å². The second-order valence-electron chi connectivity index (χ2n) is 8.06. The van der Waals surface area contributed by atoms with E-state index in [1.165, 1.54) is 0 Å². The van der Waals surface area contributed by atoms with E-state index in [4.69, 9.17) is 9.72 Å². The summed E-state index contributed by atoms with van der Waals surface area (Å²) in [7, 11) is 0. The van der Waals surface area contributed by atoms with Gasteiger partial charge in [-0.25, -0.2) is 4.98 Å². The lowest BCUT2D eigenvalue weighted by molar-refractivity contribution is 0.306. The number of anilines is 1. The van der Waals surface area contributed by atoms with E-state index >= 15 is 0 Å². The molecule has 0 bridgehead atoms. The van der Waals surface area contributed by atoms with E-state index in [9.17, 15) is 0 Å². The molecule has 10 nitrogen and oxygen atoms in total. The summed E-state index contributed by atoms with van der Waals surface area (Å²) in [5.41, 5.74) is 4.62. The molecule has 1 saturated heterocycles. The van der Waals surface area contributed by atoms with Crippen LogP contribution >= 0.6 is 0 Å². The van der Waals surface area contributed by atoms with E-state index in [1.807, 2.05) is 41.0 Å². The minimum atomic E-state index is 0.474. The molecule has 1 fully saturated rings. The van der Waals surface area contributed by atoms with Gasteiger partial charge in [0.05, 0.1) is 11.8 Å². The average molecular weight is 454 g/mol. The number of nitrogens with zero attached hydrogens (tertiary/aromatic N) is 7. The van der Waals surface area contributed by atoms with E-state index in [-0.39, 0.29) is 0 Å². The van der Waals surface area contributed by atoms with Crippen molar-refractivity contribution in [3.05, 3.63) is 72.6 Å². The van der Waals surface area contributed by atoms with E-state index in [1.54, 1.807) is 6.20 Å². The molecular weight excluding hydrogens is 430 g/mol. The highest BCUT2D eigenvalue weighted by Crippen LogP contribution is 2.34. The Labute approximate surface area is 195 Å². The highest BCUT2D eigenvalue weighted by atomic mass is 16.5. The van der Waals surface area contributed by atoms with Crippen LogP contribution in [0.25, 0.3) is 28.2 Å². The van der Waals surface area contributed by atoms with E-state index in [0.717, 1.165) is 60.0 Å².